The molecule has 2 rings (SSSR count). The fraction of sp³-hybridized carbons (Fsp3) is 0.200. The van der Waals surface area contributed by atoms with Crippen LogP contribution in [0.1, 0.15) is 11.1 Å². The number of benzene rings is 2. The van der Waals surface area contributed by atoms with Crippen molar-refractivity contribution in [1.29, 1.82) is 0 Å². The molecule has 0 spiro atoms. The van der Waals surface area contributed by atoms with Gasteiger partial charge in [0.15, 0.2) is 0 Å². The highest BCUT2D eigenvalue weighted by atomic mass is 35.5. The van der Waals surface area contributed by atoms with Gasteiger partial charge < -0.3 is 0 Å². The van der Waals surface area contributed by atoms with Crippen molar-refractivity contribution in [1.82, 2.24) is 4.90 Å². The molecule has 1 nitrogen and oxygen atoms in total. The Labute approximate surface area is 118 Å². The third-order valence-electron chi connectivity index (χ3n) is 2.75. The summed E-state index contributed by atoms with van der Waals surface area (Å²) < 4.78 is 0. The van der Waals surface area contributed by atoms with E-state index >= 15 is 0 Å². The lowest BCUT2D eigenvalue weighted by Gasteiger charge is -2.17. The molecule has 0 heterocycles. The van der Waals surface area contributed by atoms with Gasteiger partial charge in [0.1, 0.15) is 0 Å². The molecule has 0 N–H and O–H groups in total. The van der Waals surface area contributed by atoms with Crippen LogP contribution in [-0.2, 0) is 13.1 Å². The lowest BCUT2D eigenvalue weighted by Crippen LogP contribution is -2.17. The lowest BCUT2D eigenvalue weighted by molar-refractivity contribution is 0.319. The molecule has 0 fully saturated rings. The monoisotopic (exact) mass is 279 g/mol. The average molecular weight is 280 g/mol. The van der Waals surface area contributed by atoms with E-state index in [2.05, 4.69) is 36.2 Å². The number of hydrogen-bond acceptors (Lipinski definition) is 1. The van der Waals surface area contributed by atoms with Gasteiger partial charge in [-0.2, -0.15) is 0 Å². The summed E-state index contributed by atoms with van der Waals surface area (Å²) in [5, 5.41) is 1.40. The smallest absolute Gasteiger partial charge is 0.0465 e. The maximum atomic E-state index is 6.17. The van der Waals surface area contributed by atoms with E-state index in [0.29, 0.717) is 5.02 Å². The number of rotatable bonds is 4. The highest BCUT2D eigenvalue weighted by Gasteiger charge is 2.05. The van der Waals surface area contributed by atoms with Crippen LogP contribution in [0, 0.1) is 0 Å². The Morgan fingerprint density at radius 2 is 1.67 bits per heavy atom. The highest BCUT2D eigenvalue weighted by Crippen LogP contribution is 2.22. The Hall–Kier alpha value is -1.02. The van der Waals surface area contributed by atoms with Crippen LogP contribution >= 0.6 is 23.2 Å². The molecule has 0 bridgehead atoms. The first kappa shape index (κ1) is 13.4. The second kappa shape index (κ2) is 6.24. The summed E-state index contributed by atoms with van der Waals surface area (Å²) in [6, 6.07) is 16.0. The van der Waals surface area contributed by atoms with E-state index in [1.807, 2.05) is 18.2 Å². The van der Waals surface area contributed by atoms with Crippen LogP contribution in [0.25, 0.3) is 0 Å². The van der Waals surface area contributed by atoms with Crippen LogP contribution in [0.4, 0.5) is 0 Å². The van der Waals surface area contributed by atoms with Crippen molar-refractivity contribution >= 4 is 23.2 Å². The molecule has 2 aromatic rings. The molecular formula is C15H15Cl2N. The summed E-state index contributed by atoms with van der Waals surface area (Å²) in [7, 11) is 2.08. The van der Waals surface area contributed by atoms with Crippen molar-refractivity contribution in [3.8, 4) is 0 Å². The van der Waals surface area contributed by atoms with Crippen LogP contribution in [0.2, 0.25) is 10.0 Å². The zero-order valence-corrected chi connectivity index (χ0v) is 11.7. The Morgan fingerprint density at radius 3 is 2.33 bits per heavy atom. The van der Waals surface area contributed by atoms with Gasteiger partial charge in [0.2, 0.25) is 0 Å². The van der Waals surface area contributed by atoms with Gasteiger partial charge in [-0.1, -0.05) is 59.6 Å². The van der Waals surface area contributed by atoms with E-state index in [4.69, 9.17) is 23.2 Å². The predicted molar refractivity (Wildman–Crippen MR) is 78.1 cm³/mol. The van der Waals surface area contributed by atoms with Gasteiger partial charge in [0.05, 0.1) is 0 Å². The molecular weight excluding hydrogens is 265 g/mol. The van der Waals surface area contributed by atoms with Crippen LogP contribution in [-0.4, -0.2) is 11.9 Å². The molecule has 0 radical (unpaired) electrons. The van der Waals surface area contributed by atoms with Gasteiger partial charge in [-0.15, -0.1) is 0 Å². The Kier molecular flexibility index (Phi) is 4.65. The van der Waals surface area contributed by atoms with Gasteiger partial charge in [-0.3, -0.25) is 4.90 Å². The molecule has 0 amide bonds. The van der Waals surface area contributed by atoms with Crippen molar-refractivity contribution < 1.29 is 0 Å². The molecule has 2 aromatic carbocycles. The molecule has 94 valence electrons. The van der Waals surface area contributed by atoms with Crippen LogP contribution in [0.3, 0.4) is 0 Å². The standard InChI is InChI=1S/C15H15Cl2N/c1-18(10-12-5-3-2-4-6-12)11-13-7-8-14(16)9-15(13)17/h2-9H,10-11H2,1H3. The summed E-state index contributed by atoms with van der Waals surface area (Å²) in [5.41, 5.74) is 2.39. The third kappa shape index (κ3) is 3.74. The molecule has 3 heteroatoms. The van der Waals surface area contributed by atoms with Crippen LogP contribution in [0.15, 0.2) is 48.5 Å². The van der Waals surface area contributed by atoms with Crippen LogP contribution < -0.4 is 0 Å². The van der Waals surface area contributed by atoms with E-state index in [1.165, 1.54) is 5.56 Å². The summed E-state index contributed by atoms with van der Waals surface area (Å²) in [4.78, 5) is 2.23. The molecule has 0 saturated heterocycles. The minimum absolute atomic E-state index is 0.675. The fourth-order valence-electron chi connectivity index (χ4n) is 1.89. The minimum Gasteiger partial charge on any atom is -0.298 e. The normalized spacial score (nSPS) is 10.9. The van der Waals surface area contributed by atoms with Crippen molar-refractivity contribution in [3.63, 3.8) is 0 Å². The van der Waals surface area contributed by atoms with Gasteiger partial charge in [0.25, 0.3) is 0 Å². The maximum Gasteiger partial charge on any atom is 0.0465 e. The lowest BCUT2D eigenvalue weighted by atomic mass is 10.2. The zero-order chi connectivity index (χ0) is 13.0. The molecule has 0 unspecified atom stereocenters. The third-order valence-corrected chi connectivity index (χ3v) is 3.34. The maximum absolute atomic E-state index is 6.17. The molecule has 0 aliphatic carbocycles. The second-order valence-corrected chi connectivity index (χ2v) is 5.24. The van der Waals surface area contributed by atoms with Gasteiger partial charge in [-0.05, 0) is 30.3 Å². The zero-order valence-electron chi connectivity index (χ0n) is 10.2. The van der Waals surface area contributed by atoms with E-state index in [1.54, 1.807) is 6.07 Å². The van der Waals surface area contributed by atoms with Crippen LogP contribution in [0.5, 0.6) is 0 Å². The average Bonchev–Trinajstić information content (AvgIpc) is 2.34. The minimum atomic E-state index is 0.675. The molecule has 18 heavy (non-hydrogen) atoms. The van der Waals surface area contributed by atoms with Gasteiger partial charge in [0, 0.05) is 23.1 Å². The van der Waals surface area contributed by atoms with Gasteiger partial charge in [-0.25, -0.2) is 0 Å². The highest BCUT2D eigenvalue weighted by molar-refractivity contribution is 6.35. The predicted octanol–water partition coefficient (Wildman–Crippen LogP) is 4.63. The summed E-state index contributed by atoms with van der Waals surface area (Å²) in [6.45, 7) is 1.71. The topological polar surface area (TPSA) is 3.24 Å². The number of halogens is 2. The fourth-order valence-corrected chi connectivity index (χ4v) is 2.36. The molecule has 0 aromatic heterocycles. The Bertz CT molecular complexity index is 511. The van der Waals surface area contributed by atoms with Crippen molar-refractivity contribution in [3.05, 3.63) is 69.7 Å². The SMILES string of the molecule is CN(Cc1ccccc1)Cc1ccc(Cl)cc1Cl. The number of hydrogen-bond donors (Lipinski definition) is 0. The van der Waals surface area contributed by atoms with E-state index in [9.17, 15) is 0 Å². The van der Waals surface area contributed by atoms with Crippen molar-refractivity contribution in [2.24, 2.45) is 0 Å². The summed E-state index contributed by atoms with van der Waals surface area (Å²) in [5.74, 6) is 0. The first-order valence-corrected chi connectivity index (χ1v) is 6.57. The van der Waals surface area contributed by atoms with E-state index in [0.717, 1.165) is 23.7 Å². The van der Waals surface area contributed by atoms with Crippen molar-refractivity contribution in [2.45, 2.75) is 13.1 Å². The second-order valence-electron chi connectivity index (χ2n) is 4.39. The molecule has 0 atom stereocenters. The first-order chi connectivity index (χ1) is 8.65. The quantitative estimate of drug-likeness (QED) is 0.789. The largest absolute Gasteiger partial charge is 0.298 e. The Morgan fingerprint density at radius 1 is 0.944 bits per heavy atom. The van der Waals surface area contributed by atoms with E-state index in [-0.39, 0.29) is 0 Å². The molecule has 0 aliphatic heterocycles. The number of nitrogens with zero attached hydrogens (tertiary/aromatic N) is 1. The first-order valence-electron chi connectivity index (χ1n) is 5.81. The Balaban J connectivity index is 2.01. The summed E-state index contributed by atoms with van der Waals surface area (Å²) in [6.07, 6.45) is 0. The van der Waals surface area contributed by atoms with E-state index < -0.39 is 0 Å². The molecule has 0 aliphatic rings. The summed E-state index contributed by atoms with van der Waals surface area (Å²) >= 11 is 12.1. The van der Waals surface area contributed by atoms with Crippen molar-refractivity contribution in [2.75, 3.05) is 7.05 Å². The van der Waals surface area contributed by atoms with Gasteiger partial charge >= 0.3 is 0 Å². The molecule has 0 saturated carbocycles.